The Kier molecular flexibility index (Phi) is 3.15. The lowest BCUT2D eigenvalue weighted by molar-refractivity contribution is 0.415. The molecule has 2 heteroatoms. The summed E-state index contributed by atoms with van der Waals surface area (Å²) in [6, 6.07) is 16.5. The smallest absolute Gasteiger partial charge is 0.118 e. The van der Waals surface area contributed by atoms with Gasteiger partial charge in [-0.1, -0.05) is 12.1 Å². The maximum atomic E-state index is 5.19. The second kappa shape index (κ2) is 4.97. The second-order valence-electron chi connectivity index (χ2n) is 5.07. The van der Waals surface area contributed by atoms with Crippen molar-refractivity contribution in [2.24, 2.45) is 0 Å². The first kappa shape index (κ1) is 12.7. The van der Waals surface area contributed by atoms with Crippen LogP contribution >= 0.6 is 0 Å². The van der Waals surface area contributed by atoms with Crippen molar-refractivity contribution in [3.05, 3.63) is 59.7 Å². The number of fused-ring (bicyclic) bond motifs is 1. The van der Waals surface area contributed by atoms with Gasteiger partial charge in [0.15, 0.2) is 0 Å². The molecule has 0 radical (unpaired) electrons. The highest BCUT2D eigenvalue weighted by Crippen LogP contribution is 2.25. The Morgan fingerprint density at radius 2 is 1.65 bits per heavy atom. The highest BCUT2D eigenvalue weighted by atomic mass is 16.5. The zero-order valence-electron chi connectivity index (χ0n) is 12.0. The number of aromatic nitrogens is 1. The van der Waals surface area contributed by atoms with E-state index in [4.69, 9.17) is 9.72 Å². The van der Waals surface area contributed by atoms with Gasteiger partial charge >= 0.3 is 0 Å². The van der Waals surface area contributed by atoms with Crippen LogP contribution in [0.5, 0.6) is 5.75 Å². The van der Waals surface area contributed by atoms with Gasteiger partial charge in [0.05, 0.1) is 18.3 Å². The molecule has 0 atom stereocenters. The number of benzene rings is 2. The fourth-order valence-electron chi connectivity index (χ4n) is 2.52. The van der Waals surface area contributed by atoms with E-state index in [0.29, 0.717) is 0 Å². The number of ether oxygens (including phenoxy) is 1. The third-order valence-electron chi connectivity index (χ3n) is 3.54. The minimum Gasteiger partial charge on any atom is -0.497 e. The molecule has 1 aromatic heterocycles. The van der Waals surface area contributed by atoms with Gasteiger partial charge < -0.3 is 4.74 Å². The Bertz CT molecular complexity index is 760. The van der Waals surface area contributed by atoms with E-state index in [2.05, 4.69) is 38.1 Å². The van der Waals surface area contributed by atoms with Crippen molar-refractivity contribution in [2.75, 3.05) is 7.11 Å². The van der Waals surface area contributed by atoms with E-state index in [1.165, 1.54) is 16.5 Å². The largest absolute Gasteiger partial charge is 0.497 e. The number of rotatable bonds is 2. The molecule has 0 aliphatic rings. The summed E-state index contributed by atoms with van der Waals surface area (Å²) in [5.41, 5.74) is 5.66. The lowest BCUT2D eigenvalue weighted by Gasteiger charge is -2.07. The molecule has 100 valence electrons. The molecule has 0 saturated heterocycles. The van der Waals surface area contributed by atoms with Crippen molar-refractivity contribution >= 4 is 10.9 Å². The van der Waals surface area contributed by atoms with Gasteiger partial charge in [-0.15, -0.1) is 0 Å². The summed E-state index contributed by atoms with van der Waals surface area (Å²) in [5.74, 6) is 0.862. The fraction of sp³-hybridized carbons (Fsp3) is 0.167. The predicted molar refractivity (Wildman–Crippen MR) is 83.2 cm³/mol. The molecule has 0 aliphatic heterocycles. The van der Waals surface area contributed by atoms with Gasteiger partial charge in [0.1, 0.15) is 5.75 Å². The SMILES string of the molecule is COc1ccc(-c2ccc3c(C)cc(C)cc3n2)cc1. The van der Waals surface area contributed by atoms with Crippen LogP contribution in [0.1, 0.15) is 11.1 Å². The zero-order valence-corrected chi connectivity index (χ0v) is 12.0. The van der Waals surface area contributed by atoms with Crippen LogP contribution in [-0.4, -0.2) is 12.1 Å². The van der Waals surface area contributed by atoms with Crippen LogP contribution in [0.2, 0.25) is 0 Å². The van der Waals surface area contributed by atoms with E-state index >= 15 is 0 Å². The molecule has 0 aliphatic carbocycles. The van der Waals surface area contributed by atoms with Crippen LogP contribution in [0, 0.1) is 13.8 Å². The maximum Gasteiger partial charge on any atom is 0.118 e. The fourth-order valence-corrected chi connectivity index (χ4v) is 2.52. The van der Waals surface area contributed by atoms with E-state index < -0.39 is 0 Å². The molecule has 0 bridgehead atoms. The van der Waals surface area contributed by atoms with Gasteiger partial charge in [-0.25, -0.2) is 4.98 Å². The molecule has 0 N–H and O–H groups in total. The van der Waals surface area contributed by atoms with Gasteiger partial charge in [0.25, 0.3) is 0 Å². The van der Waals surface area contributed by atoms with Crippen LogP contribution in [0.4, 0.5) is 0 Å². The number of hydrogen-bond acceptors (Lipinski definition) is 2. The average Bonchev–Trinajstić information content (AvgIpc) is 2.46. The average molecular weight is 263 g/mol. The molecular weight excluding hydrogens is 246 g/mol. The second-order valence-corrected chi connectivity index (χ2v) is 5.07. The van der Waals surface area contributed by atoms with Crippen LogP contribution in [0.15, 0.2) is 48.5 Å². The molecule has 0 fully saturated rings. The van der Waals surface area contributed by atoms with Crippen LogP contribution < -0.4 is 4.74 Å². The first-order chi connectivity index (χ1) is 9.67. The Labute approximate surface area is 119 Å². The lowest BCUT2D eigenvalue weighted by Crippen LogP contribution is -1.89. The van der Waals surface area contributed by atoms with Gasteiger partial charge in [-0.3, -0.25) is 0 Å². The van der Waals surface area contributed by atoms with Gasteiger partial charge in [0.2, 0.25) is 0 Å². The van der Waals surface area contributed by atoms with Crippen molar-refractivity contribution in [2.45, 2.75) is 13.8 Å². The molecule has 0 unspecified atom stereocenters. The third-order valence-corrected chi connectivity index (χ3v) is 3.54. The summed E-state index contributed by atoms with van der Waals surface area (Å²) in [6.45, 7) is 4.23. The van der Waals surface area contributed by atoms with Crippen LogP contribution in [0.25, 0.3) is 22.2 Å². The predicted octanol–water partition coefficient (Wildman–Crippen LogP) is 4.53. The summed E-state index contributed by atoms with van der Waals surface area (Å²) in [7, 11) is 1.68. The number of aryl methyl sites for hydroxylation is 2. The molecule has 0 spiro atoms. The van der Waals surface area contributed by atoms with E-state index in [1.807, 2.05) is 24.3 Å². The Balaban J connectivity index is 2.12. The van der Waals surface area contributed by atoms with Crippen LogP contribution in [-0.2, 0) is 0 Å². The standard InChI is InChI=1S/C18H17NO/c1-12-10-13(2)16-8-9-17(19-18(16)11-12)14-4-6-15(20-3)7-5-14/h4-11H,1-3H3. The lowest BCUT2D eigenvalue weighted by atomic mass is 10.0. The minimum atomic E-state index is 0.862. The molecule has 20 heavy (non-hydrogen) atoms. The summed E-state index contributed by atoms with van der Waals surface area (Å²) >= 11 is 0. The number of nitrogens with zero attached hydrogens (tertiary/aromatic N) is 1. The molecule has 1 heterocycles. The van der Waals surface area contributed by atoms with Gasteiger partial charge in [0, 0.05) is 10.9 Å². The topological polar surface area (TPSA) is 22.1 Å². The van der Waals surface area contributed by atoms with E-state index in [1.54, 1.807) is 7.11 Å². The summed E-state index contributed by atoms with van der Waals surface area (Å²) < 4.78 is 5.19. The van der Waals surface area contributed by atoms with Gasteiger partial charge in [-0.05, 0) is 61.4 Å². The Morgan fingerprint density at radius 3 is 2.35 bits per heavy atom. The van der Waals surface area contributed by atoms with Crippen molar-refractivity contribution in [1.82, 2.24) is 4.98 Å². The summed E-state index contributed by atoms with van der Waals surface area (Å²) in [5, 5.41) is 1.22. The monoisotopic (exact) mass is 263 g/mol. The van der Waals surface area contributed by atoms with Gasteiger partial charge in [-0.2, -0.15) is 0 Å². The number of pyridine rings is 1. The molecule has 2 nitrogen and oxygen atoms in total. The number of methoxy groups -OCH3 is 1. The molecule has 0 saturated carbocycles. The van der Waals surface area contributed by atoms with E-state index in [0.717, 1.165) is 22.5 Å². The normalized spacial score (nSPS) is 10.8. The Morgan fingerprint density at radius 1 is 0.900 bits per heavy atom. The van der Waals surface area contributed by atoms with E-state index in [9.17, 15) is 0 Å². The molecule has 3 rings (SSSR count). The maximum absolute atomic E-state index is 5.19. The van der Waals surface area contributed by atoms with E-state index in [-0.39, 0.29) is 0 Å². The highest BCUT2D eigenvalue weighted by molar-refractivity contribution is 5.85. The van der Waals surface area contributed by atoms with Crippen molar-refractivity contribution in [3.8, 4) is 17.0 Å². The van der Waals surface area contributed by atoms with Crippen molar-refractivity contribution in [3.63, 3.8) is 0 Å². The quantitative estimate of drug-likeness (QED) is 0.677. The van der Waals surface area contributed by atoms with Crippen molar-refractivity contribution in [1.29, 1.82) is 0 Å². The molecule has 2 aromatic carbocycles. The van der Waals surface area contributed by atoms with Crippen molar-refractivity contribution < 1.29 is 4.74 Å². The zero-order chi connectivity index (χ0) is 14.1. The minimum absolute atomic E-state index is 0.862. The summed E-state index contributed by atoms with van der Waals surface area (Å²) in [4.78, 5) is 4.78. The first-order valence-corrected chi connectivity index (χ1v) is 6.70. The Hall–Kier alpha value is -2.35. The first-order valence-electron chi connectivity index (χ1n) is 6.70. The highest BCUT2D eigenvalue weighted by Gasteiger charge is 2.04. The number of hydrogen-bond donors (Lipinski definition) is 0. The van der Waals surface area contributed by atoms with Crippen LogP contribution in [0.3, 0.4) is 0 Å². The summed E-state index contributed by atoms with van der Waals surface area (Å²) in [6.07, 6.45) is 0. The molecular formula is C18H17NO. The molecule has 3 aromatic rings. The third kappa shape index (κ3) is 2.25. The molecule has 0 amide bonds.